The van der Waals surface area contributed by atoms with Crippen molar-refractivity contribution < 1.29 is 4.74 Å². The van der Waals surface area contributed by atoms with Crippen LogP contribution in [0.1, 0.15) is 32.1 Å². The number of hydrogen-bond donors (Lipinski definition) is 1. The minimum Gasteiger partial charge on any atom is -0.376 e. The summed E-state index contributed by atoms with van der Waals surface area (Å²) in [5.41, 5.74) is 0. The van der Waals surface area contributed by atoms with Crippen molar-refractivity contribution >= 4 is 12.2 Å². The van der Waals surface area contributed by atoms with E-state index < -0.39 is 0 Å². The second-order valence-corrected chi connectivity index (χ2v) is 4.48. The molecule has 1 aromatic heterocycles. The molecule has 1 heterocycles. The summed E-state index contributed by atoms with van der Waals surface area (Å²) in [5.74, 6) is 0. The Morgan fingerprint density at radius 1 is 1.40 bits per heavy atom. The van der Waals surface area contributed by atoms with Crippen molar-refractivity contribution in [3.8, 4) is 0 Å². The number of nitrogens with zero attached hydrogens (tertiary/aromatic N) is 1. The molecule has 0 radical (unpaired) electrons. The number of ether oxygens (including phenoxy) is 1. The Balaban J connectivity index is 1.70. The van der Waals surface area contributed by atoms with Gasteiger partial charge in [-0.2, -0.15) is 0 Å². The molecule has 0 unspecified atom stereocenters. The van der Waals surface area contributed by atoms with Gasteiger partial charge in [0.2, 0.25) is 0 Å². The zero-order chi connectivity index (χ0) is 10.5. The molecule has 1 fully saturated rings. The first-order chi connectivity index (χ1) is 7.36. The van der Waals surface area contributed by atoms with Gasteiger partial charge in [-0.25, -0.2) is 0 Å². The van der Waals surface area contributed by atoms with Gasteiger partial charge in [-0.1, -0.05) is 19.3 Å². The van der Waals surface area contributed by atoms with E-state index in [1.54, 1.807) is 0 Å². The fourth-order valence-corrected chi connectivity index (χ4v) is 2.29. The van der Waals surface area contributed by atoms with E-state index >= 15 is 0 Å². The summed E-state index contributed by atoms with van der Waals surface area (Å²) in [6, 6.07) is 0. The zero-order valence-corrected chi connectivity index (χ0v) is 9.76. The molecule has 2 rings (SSSR count). The number of nitrogens with one attached hydrogen (secondary N) is 1. The maximum absolute atomic E-state index is 5.83. The molecule has 1 aromatic rings. The number of hydrogen-bond acceptors (Lipinski definition) is 2. The van der Waals surface area contributed by atoms with E-state index in [0.717, 1.165) is 17.9 Å². The van der Waals surface area contributed by atoms with E-state index in [4.69, 9.17) is 17.0 Å². The van der Waals surface area contributed by atoms with Crippen LogP contribution in [0, 0.1) is 4.77 Å². The molecule has 0 amide bonds. The molecule has 1 N–H and O–H groups in total. The third-order valence-corrected chi connectivity index (χ3v) is 3.31. The predicted octanol–water partition coefficient (Wildman–Crippen LogP) is 2.89. The van der Waals surface area contributed by atoms with Crippen molar-refractivity contribution in [1.29, 1.82) is 0 Å². The lowest BCUT2D eigenvalue weighted by atomic mass is 9.98. The van der Waals surface area contributed by atoms with Gasteiger partial charge in [0.25, 0.3) is 0 Å². The molecule has 4 heteroatoms. The molecule has 1 saturated carbocycles. The van der Waals surface area contributed by atoms with Crippen LogP contribution in [0.15, 0.2) is 12.4 Å². The minimum absolute atomic E-state index is 0.492. The van der Waals surface area contributed by atoms with Crippen LogP contribution in [-0.4, -0.2) is 22.3 Å². The van der Waals surface area contributed by atoms with Crippen LogP contribution in [0.3, 0.4) is 0 Å². The minimum atomic E-state index is 0.492. The Morgan fingerprint density at radius 2 is 2.20 bits per heavy atom. The summed E-state index contributed by atoms with van der Waals surface area (Å²) in [6.07, 6.45) is 10.8. The number of rotatable bonds is 4. The highest BCUT2D eigenvalue weighted by Gasteiger charge is 2.12. The van der Waals surface area contributed by atoms with E-state index in [-0.39, 0.29) is 0 Å². The Kier molecular flexibility index (Phi) is 3.97. The number of aromatic amines is 1. The van der Waals surface area contributed by atoms with E-state index in [1.165, 1.54) is 32.1 Å². The van der Waals surface area contributed by atoms with Crippen LogP contribution in [0.4, 0.5) is 0 Å². The SMILES string of the molecule is S=c1[nH]ccn1CCOC1CCCCC1. The average Bonchev–Trinajstić information content (AvgIpc) is 2.66. The van der Waals surface area contributed by atoms with Gasteiger partial charge in [-0.3, -0.25) is 0 Å². The second-order valence-electron chi connectivity index (χ2n) is 4.09. The standard InChI is InChI=1S/C11H18N2OS/c15-11-12-6-7-13(11)8-9-14-10-4-2-1-3-5-10/h6-7,10H,1-5,8-9H2,(H,12,15). The summed E-state index contributed by atoms with van der Waals surface area (Å²) in [6.45, 7) is 1.63. The van der Waals surface area contributed by atoms with Gasteiger partial charge in [0.05, 0.1) is 12.7 Å². The Labute approximate surface area is 95.5 Å². The van der Waals surface area contributed by atoms with E-state index in [2.05, 4.69) is 4.98 Å². The fraction of sp³-hybridized carbons (Fsp3) is 0.727. The van der Waals surface area contributed by atoms with Crippen molar-refractivity contribution in [2.24, 2.45) is 0 Å². The van der Waals surface area contributed by atoms with Crippen molar-refractivity contribution in [3.05, 3.63) is 17.2 Å². The van der Waals surface area contributed by atoms with Gasteiger partial charge >= 0.3 is 0 Å². The van der Waals surface area contributed by atoms with Gasteiger partial charge in [-0.05, 0) is 25.1 Å². The van der Waals surface area contributed by atoms with Gasteiger partial charge in [0.1, 0.15) is 0 Å². The number of H-pyrrole nitrogens is 1. The first-order valence-corrected chi connectivity index (χ1v) is 6.12. The van der Waals surface area contributed by atoms with Crippen LogP contribution in [0.25, 0.3) is 0 Å². The summed E-state index contributed by atoms with van der Waals surface area (Å²) in [7, 11) is 0. The summed E-state index contributed by atoms with van der Waals surface area (Å²) in [5, 5.41) is 0. The molecule has 0 aliphatic heterocycles. The molecule has 84 valence electrons. The largest absolute Gasteiger partial charge is 0.376 e. The molecule has 15 heavy (non-hydrogen) atoms. The van der Waals surface area contributed by atoms with Crippen molar-refractivity contribution in [3.63, 3.8) is 0 Å². The molecule has 1 aliphatic carbocycles. The summed E-state index contributed by atoms with van der Waals surface area (Å²) in [4.78, 5) is 2.98. The third-order valence-electron chi connectivity index (χ3n) is 2.96. The van der Waals surface area contributed by atoms with Crippen LogP contribution >= 0.6 is 12.2 Å². The van der Waals surface area contributed by atoms with Gasteiger partial charge in [0, 0.05) is 18.9 Å². The van der Waals surface area contributed by atoms with Gasteiger partial charge in [0.15, 0.2) is 4.77 Å². The highest BCUT2D eigenvalue weighted by molar-refractivity contribution is 7.71. The highest BCUT2D eigenvalue weighted by atomic mass is 32.1. The molecule has 0 saturated heterocycles. The molecule has 0 spiro atoms. The predicted molar refractivity (Wildman–Crippen MR) is 62.4 cm³/mol. The van der Waals surface area contributed by atoms with Crippen LogP contribution in [0.2, 0.25) is 0 Å². The maximum atomic E-state index is 5.83. The van der Waals surface area contributed by atoms with Gasteiger partial charge < -0.3 is 14.3 Å². The lowest BCUT2D eigenvalue weighted by Crippen LogP contribution is -2.19. The fourth-order valence-electron chi connectivity index (χ4n) is 2.07. The topological polar surface area (TPSA) is 29.9 Å². The van der Waals surface area contributed by atoms with Crippen molar-refractivity contribution in [1.82, 2.24) is 9.55 Å². The van der Waals surface area contributed by atoms with Crippen molar-refractivity contribution in [2.75, 3.05) is 6.61 Å². The Bertz CT molecular complexity index is 338. The molecular formula is C11H18N2OS. The maximum Gasteiger partial charge on any atom is 0.177 e. The first-order valence-electron chi connectivity index (χ1n) is 5.72. The van der Waals surface area contributed by atoms with Crippen LogP contribution in [0.5, 0.6) is 0 Å². The highest BCUT2D eigenvalue weighted by Crippen LogP contribution is 2.20. The first kappa shape index (κ1) is 10.9. The number of imidazole rings is 1. The second kappa shape index (κ2) is 5.47. The number of aromatic nitrogens is 2. The average molecular weight is 226 g/mol. The van der Waals surface area contributed by atoms with Crippen LogP contribution in [-0.2, 0) is 11.3 Å². The van der Waals surface area contributed by atoms with Gasteiger partial charge in [-0.15, -0.1) is 0 Å². The molecule has 0 aromatic carbocycles. The zero-order valence-electron chi connectivity index (χ0n) is 8.95. The Morgan fingerprint density at radius 3 is 2.87 bits per heavy atom. The molecule has 1 aliphatic rings. The quantitative estimate of drug-likeness (QED) is 0.800. The lowest BCUT2D eigenvalue weighted by molar-refractivity contribution is 0.0239. The molecule has 3 nitrogen and oxygen atoms in total. The smallest absolute Gasteiger partial charge is 0.177 e. The molecule has 0 bridgehead atoms. The van der Waals surface area contributed by atoms with Crippen LogP contribution < -0.4 is 0 Å². The summed E-state index contributed by atoms with van der Waals surface area (Å²) < 4.78 is 8.62. The van der Waals surface area contributed by atoms with E-state index in [0.29, 0.717) is 6.10 Å². The third kappa shape index (κ3) is 3.18. The summed E-state index contributed by atoms with van der Waals surface area (Å²) >= 11 is 5.11. The Hall–Kier alpha value is -0.610. The van der Waals surface area contributed by atoms with E-state index in [9.17, 15) is 0 Å². The van der Waals surface area contributed by atoms with E-state index in [1.807, 2.05) is 17.0 Å². The lowest BCUT2D eigenvalue weighted by Gasteiger charge is -2.21. The normalized spacial score (nSPS) is 18.1. The van der Waals surface area contributed by atoms with Crippen molar-refractivity contribution in [2.45, 2.75) is 44.8 Å². The monoisotopic (exact) mass is 226 g/mol. The molecule has 0 atom stereocenters. The molecular weight excluding hydrogens is 208 g/mol.